The van der Waals surface area contributed by atoms with Gasteiger partial charge in [0.2, 0.25) is 0 Å². The molecule has 5 nitrogen and oxygen atoms in total. The van der Waals surface area contributed by atoms with Gasteiger partial charge in [0.05, 0.1) is 4.92 Å². The van der Waals surface area contributed by atoms with Crippen molar-refractivity contribution in [1.29, 1.82) is 0 Å². The smallest absolute Gasteiger partial charge is 0.329 e. The zero-order chi connectivity index (χ0) is 16.3. The summed E-state index contributed by atoms with van der Waals surface area (Å²) in [6, 6.07) is 0. The van der Waals surface area contributed by atoms with Crippen molar-refractivity contribution in [2.24, 2.45) is 0 Å². The number of nitro groups is 1. The fourth-order valence-corrected chi connectivity index (χ4v) is 1.71. The van der Waals surface area contributed by atoms with Gasteiger partial charge in [0.15, 0.2) is 5.82 Å². The third-order valence-electron chi connectivity index (χ3n) is 1.79. The first kappa shape index (κ1) is 19.5. The van der Waals surface area contributed by atoms with Crippen LogP contribution in [0.15, 0.2) is 20.5 Å². The van der Waals surface area contributed by atoms with E-state index < -0.39 is 4.92 Å². The molecule has 0 unspecified atom stereocenters. The molecule has 0 radical (unpaired) electrons. The van der Waals surface area contributed by atoms with E-state index in [9.17, 15) is 10.1 Å². The molecule has 8 heteroatoms. The Kier molecular flexibility index (Phi) is 6.84. The maximum atomic E-state index is 11.3. The van der Waals surface area contributed by atoms with Crippen LogP contribution in [0.3, 0.4) is 0 Å². The lowest BCUT2D eigenvalue weighted by atomic mass is 10.1. The largest absolute Gasteiger partial charge is 0.362 e. The van der Waals surface area contributed by atoms with Gasteiger partial charge in [-0.15, -0.1) is 0 Å². The SMILES string of the molecule is CC(C)(C)NC(NC(C)(C)C)=C(/C(Cl)=C(/Cl)Br)[N+](=O)[O-]. The molecule has 0 aromatic carbocycles. The molecule has 0 aliphatic heterocycles. The molecule has 0 saturated carbocycles. The Hall–Kier alpha value is -0.460. The second-order valence-corrected chi connectivity index (χ2v) is 8.31. The Morgan fingerprint density at radius 1 is 1.05 bits per heavy atom. The quantitative estimate of drug-likeness (QED) is 0.429. The van der Waals surface area contributed by atoms with Crippen molar-refractivity contribution in [2.75, 3.05) is 0 Å². The second-order valence-electron chi connectivity index (χ2n) is 6.31. The Bertz CT molecular complexity index is 427. The molecular formula is C12H20BrCl2N3O2. The molecule has 0 atom stereocenters. The molecular weight excluding hydrogens is 369 g/mol. The van der Waals surface area contributed by atoms with E-state index in [2.05, 4.69) is 26.6 Å². The summed E-state index contributed by atoms with van der Waals surface area (Å²) in [5.74, 6) is 0.220. The summed E-state index contributed by atoms with van der Waals surface area (Å²) in [6.45, 7) is 11.3. The summed E-state index contributed by atoms with van der Waals surface area (Å²) in [6.07, 6.45) is 0. The highest BCUT2D eigenvalue weighted by Gasteiger charge is 2.29. The van der Waals surface area contributed by atoms with Gasteiger partial charge in [-0.1, -0.05) is 23.2 Å². The van der Waals surface area contributed by atoms with E-state index in [1.54, 1.807) is 0 Å². The molecule has 0 aromatic rings. The predicted octanol–water partition coefficient (Wildman–Crippen LogP) is 4.25. The lowest BCUT2D eigenvalue weighted by Crippen LogP contribution is -2.47. The normalized spacial score (nSPS) is 13.4. The van der Waals surface area contributed by atoms with Crippen LogP contribution in [-0.2, 0) is 0 Å². The van der Waals surface area contributed by atoms with Crippen LogP contribution in [0.25, 0.3) is 0 Å². The first-order valence-electron chi connectivity index (χ1n) is 5.91. The molecule has 0 amide bonds. The van der Waals surface area contributed by atoms with Crippen LogP contribution in [0.5, 0.6) is 0 Å². The van der Waals surface area contributed by atoms with Gasteiger partial charge in [-0.05, 0) is 57.5 Å². The van der Waals surface area contributed by atoms with Gasteiger partial charge in [-0.25, -0.2) is 0 Å². The van der Waals surface area contributed by atoms with E-state index in [1.807, 2.05) is 41.5 Å². The maximum Gasteiger partial charge on any atom is 0.329 e. The maximum absolute atomic E-state index is 11.3. The molecule has 2 N–H and O–H groups in total. The van der Waals surface area contributed by atoms with Crippen molar-refractivity contribution >= 4 is 39.1 Å². The molecule has 0 aliphatic carbocycles. The van der Waals surface area contributed by atoms with Gasteiger partial charge in [-0.2, -0.15) is 0 Å². The van der Waals surface area contributed by atoms with E-state index in [0.717, 1.165) is 0 Å². The molecule has 0 saturated heterocycles. The van der Waals surface area contributed by atoms with E-state index in [-0.39, 0.29) is 31.6 Å². The number of allylic oxidation sites excluding steroid dienone is 1. The molecule has 0 fully saturated rings. The third-order valence-corrected chi connectivity index (χ3v) is 3.07. The number of hydrogen-bond acceptors (Lipinski definition) is 4. The fourth-order valence-electron chi connectivity index (χ4n) is 1.27. The number of hydrogen-bond donors (Lipinski definition) is 2. The fraction of sp³-hybridized carbons (Fsp3) is 0.667. The van der Waals surface area contributed by atoms with Crippen LogP contribution >= 0.6 is 39.1 Å². The van der Waals surface area contributed by atoms with Gasteiger partial charge in [-0.3, -0.25) is 10.1 Å². The van der Waals surface area contributed by atoms with Crippen molar-refractivity contribution in [2.45, 2.75) is 52.6 Å². The lowest BCUT2D eigenvalue weighted by Gasteiger charge is -2.30. The zero-order valence-electron chi connectivity index (χ0n) is 12.4. The average molecular weight is 389 g/mol. The van der Waals surface area contributed by atoms with E-state index in [4.69, 9.17) is 23.2 Å². The van der Waals surface area contributed by atoms with E-state index in [1.165, 1.54) is 0 Å². The van der Waals surface area contributed by atoms with Gasteiger partial charge >= 0.3 is 5.70 Å². The lowest BCUT2D eigenvalue weighted by molar-refractivity contribution is -0.421. The Labute approximate surface area is 138 Å². The van der Waals surface area contributed by atoms with Crippen molar-refractivity contribution < 1.29 is 4.92 Å². The molecule has 20 heavy (non-hydrogen) atoms. The minimum absolute atomic E-state index is 0.0187. The van der Waals surface area contributed by atoms with Crippen molar-refractivity contribution in [1.82, 2.24) is 10.6 Å². The molecule has 0 rings (SSSR count). The molecule has 0 bridgehead atoms. The standard InChI is InChI=1S/C12H20BrCl2N3O2/c1-11(2,3)16-10(17-12(4,5)6)8(18(19)20)7(14)9(13)15/h16-17H,1-6H3/b9-7-. The van der Waals surface area contributed by atoms with Crippen molar-refractivity contribution in [3.05, 3.63) is 30.6 Å². The highest BCUT2D eigenvalue weighted by molar-refractivity contribution is 9.12. The van der Waals surface area contributed by atoms with Gasteiger partial charge < -0.3 is 10.6 Å². The Morgan fingerprint density at radius 3 is 1.60 bits per heavy atom. The minimum Gasteiger partial charge on any atom is -0.362 e. The van der Waals surface area contributed by atoms with Crippen LogP contribution in [0.1, 0.15) is 41.5 Å². The van der Waals surface area contributed by atoms with Gasteiger partial charge in [0.25, 0.3) is 0 Å². The number of nitrogens with one attached hydrogen (secondary N) is 2. The highest BCUT2D eigenvalue weighted by Crippen LogP contribution is 2.28. The summed E-state index contributed by atoms with van der Waals surface area (Å²) in [5, 5.41) is 17.3. The minimum atomic E-state index is -0.571. The van der Waals surface area contributed by atoms with Crippen LogP contribution in [0.4, 0.5) is 0 Å². The third kappa shape index (κ3) is 7.36. The first-order chi connectivity index (χ1) is 8.74. The van der Waals surface area contributed by atoms with Crippen LogP contribution in [-0.4, -0.2) is 16.0 Å². The molecule has 116 valence electrons. The summed E-state index contributed by atoms with van der Waals surface area (Å²) < 4.78 is -0.0187. The molecule has 0 heterocycles. The second kappa shape index (κ2) is 7.00. The molecule has 0 spiro atoms. The summed E-state index contributed by atoms with van der Waals surface area (Å²) in [7, 11) is 0. The number of halogens is 3. The highest BCUT2D eigenvalue weighted by atomic mass is 79.9. The summed E-state index contributed by atoms with van der Waals surface area (Å²) in [5.41, 5.74) is -1.08. The van der Waals surface area contributed by atoms with Gasteiger partial charge in [0.1, 0.15) is 8.97 Å². The van der Waals surface area contributed by atoms with Crippen molar-refractivity contribution in [3.63, 3.8) is 0 Å². The predicted molar refractivity (Wildman–Crippen MR) is 87.5 cm³/mol. The van der Waals surface area contributed by atoms with Gasteiger partial charge in [0, 0.05) is 11.1 Å². The van der Waals surface area contributed by atoms with Crippen molar-refractivity contribution in [3.8, 4) is 0 Å². The van der Waals surface area contributed by atoms with E-state index in [0.29, 0.717) is 0 Å². The zero-order valence-corrected chi connectivity index (χ0v) is 15.5. The monoisotopic (exact) mass is 387 g/mol. The Balaban J connectivity index is 6.02. The van der Waals surface area contributed by atoms with E-state index >= 15 is 0 Å². The average Bonchev–Trinajstić information content (AvgIpc) is 2.10. The van der Waals surface area contributed by atoms with Crippen LogP contribution < -0.4 is 10.6 Å². The first-order valence-corrected chi connectivity index (χ1v) is 7.45. The van der Waals surface area contributed by atoms with Crippen LogP contribution in [0, 0.1) is 10.1 Å². The summed E-state index contributed by atoms with van der Waals surface area (Å²) in [4.78, 5) is 10.8. The number of nitrogens with zero attached hydrogens (tertiary/aromatic N) is 1. The molecule has 0 aromatic heterocycles. The topological polar surface area (TPSA) is 67.2 Å². The Morgan fingerprint density at radius 2 is 1.40 bits per heavy atom. The molecule has 0 aliphatic rings. The number of rotatable bonds is 4. The summed E-state index contributed by atoms with van der Waals surface area (Å²) >= 11 is 14.6. The van der Waals surface area contributed by atoms with Crippen LogP contribution in [0.2, 0.25) is 0 Å².